The van der Waals surface area contributed by atoms with E-state index in [-0.39, 0.29) is 0 Å². The standard InChI is InChI=1S/C14H13BrN4S/c1-19(6-10-7-20-8-18-10)14-11-4-9(15)2-3-13(11)17-5-12(14)16/h2-5,7-8H,6,16H2,1H3. The van der Waals surface area contributed by atoms with Crippen molar-refractivity contribution in [2.24, 2.45) is 0 Å². The second kappa shape index (κ2) is 5.38. The molecule has 1 aromatic carbocycles. The van der Waals surface area contributed by atoms with E-state index in [0.29, 0.717) is 5.69 Å². The molecular formula is C14H13BrN4S. The highest BCUT2D eigenvalue weighted by atomic mass is 79.9. The van der Waals surface area contributed by atoms with E-state index in [0.717, 1.165) is 33.3 Å². The molecule has 20 heavy (non-hydrogen) atoms. The van der Waals surface area contributed by atoms with E-state index in [9.17, 15) is 0 Å². The molecule has 102 valence electrons. The lowest BCUT2D eigenvalue weighted by Crippen LogP contribution is -2.18. The Hall–Kier alpha value is -1.66. The van der Waals surface area contributed by atoms with Crippen LogP contribution in [0.2, 0.25) is 0 Å². The molecule has 0 radical (unpaired) electrons. The number of nitrogens with zero attached hydrogens (tertiary/aromatic N) is 3. The van der Waals surface area contributed by atoms with Crippen LogP contribution in [0.4, 0.5) is 11.4 Å². The first-order chi connectivity index (χ1) is 9.65. The fourth-order valence-corrected chi connectivity index (χ4v) is 3.14. The summed E-state index contributed by atoms with van der Waals surface area (Å²) in [6.45, 7) is 0.722. The number of benzene rings is 1. The van der Waals surface area contributed by atoms with E-state index < -0.39 is 0 Å². The van der Waals surface area contributed by atoms with Crippen molar-refractivity contribution in [2.45, 2.75) is 6.54 Å². The first-order valence-corrected chi connectivity index (χ1v) is 7.80. The Labute approximate surface area is 129 Å². The summed E-state index contributed by atoms with van der Waals surface area (Å²) >= 11 is 5.10. The maximum atomic E-state index is 6.13. The van der Waals surface area contributed by atoms with Crippen molar-refractivity contribution in [1.29, 1.82) is 0 Å². The molecule has 0 aliphatic carbocycles. The summed E-state index contributed by atoms with van der Waals surface area (Å²) in [6, 6.07) is 6.01. The predicted octanol–water partition coefficient (Wildman–Crippen LogP) is 3.67. The zero-order valence-corrected chi connectivity index (χ0v) is 13.3. The number of nitrogen functional groups attached to an aromatic ring is 1. The number of hydrogen-bond acceptors (Lipinski definition) is 5. The van der Waals surface area contributed by atoms with Crippen LogP contribution in [-0.2, 0) is 6.54 Å². The first kappa shape index (κ1) is 13.3. The summed E-state index contributed by atoms with van der Waals surface area (Å²) in [6.07, 6.45) is 1.71. The summed E-state index contributed by atoms with van der Waals surface area (Å²) in [5, 5.41) is 3.09. The fourth-order valence-electron chi connectivity index (χ4n) is 2.23. The maximum Gasteiger partial charge on any atom is 0.0795 e. The van der Waals surface area contributed by atoms with Crippen LogP contribution in [0.5, 0.6) is 0 Å². The van der Waals surface area contributed by atoms with Gasteiger partial charge in [0, 0.05) is 22.3 Å². The van der Waals surface area contributed by atoms with Crippen molar-refractivity contribution >= 4 is 49.5 Å². The molecule has 0 aliphatic heterocycles. The van der Waals surface area contributed by atoms with Crippen molar-refractivity contribution < 1.29 is 0 Å². The molecule has 3 aromatic rings. The van der Waals surface area contributed by atoms with Crippen LogP contribution >= 0.6 is 27.3 Å². The van der Waals surface area contributed by atoms with E-state index in [1.54, 1.807) is 17.5 Å². The van der Waals surface area contributed by atoms with E-state index in [4.69, 9.17) is 5.73 Å². The summed E-state index contributed by atoms with van der Waals surface area (Å²) in [7, 11) is 2.02. The molecule has 0 unspecified atom stereocenters. The summed E-state index contributed by atoms with van der Waals surface area (Å²) in [4.78, 5) is 10.8. The summed E-state index contributed by atoms with van der Waals surface area (Å²) in [5.41, 5.74) is 11.6. The van der Waals surface area contributed by atoms with Gasteiger partial charge in [0.15, 0.2) is 0 Å². The van der Waals surface area contributed by atoms with Gasteiger partial charge in [0.05, 0.1) is 40.8 Å². The number of pyridine rings is 1. The van der Waals surface area contributed by atoms with Gasteiger partial charge in [-0.25, -0.2) is 4.98 Å². The average Bonchev–Trinajstić information content (AvgIpc) is 2.91. The Morgan fingerprint density at radius 2 is 2.20 bits per heavy atom. The molecule has 2 aromatic heterocycles. The third kappa shape index (κ3) is 2.48. The molecule has 6 heteroatoms. The molecule has 0 saturated carbocycles. The highest BCUT2D eigenvalue weighted by molar-refractivity contribution is 9.10. The lowest BCUT2D eigenvalue weighted by molar-refractivity contribution is 0.899. The number of thiazole rings is 1. The minimum absolute atomic E-state index is 0.674. The number of fused-ring (bicyclic) bond motifs is 1. The van der Waals surface area contributed by atoms with Crippen LogP contribution in [0.25, 0.3) is 10.9 Å². The van der Waals surface area contributed by atoms with Gasteiger partial charge in [0.2, 0.25) is 0 Å². The molecule has 0 aliphatic rings. The number of halogens is 1. The predicted molar refractivity (Wildman–Crippen MR) is 88.1 cm³/mol. The maximum absolute atomic E-state index is 6.13. The molecule has 3 rings (SSSR count). The molecule has 4 nitrogen and oxygen atoms in total. The highest BCUT2D eigenvalue weighted by Crippen LogP contribution is 2.33. The highest BCUT2D eigenvalue weighted by Gasteiger charge is 2.12. The van der Waals surface area contributed by atoms with Gasteiger partial charge >= 0.3 is 0 Å². The van der Waals surface area contributed by atoms with Gasteiger partial charge in [0.1, 0.15) is 0 Å². The molecule has 0 amide bonds. The fraction of sp³-hybridized carbons (Fsp3) is 0.143. The van der Waals surface area contributed by atoms with Crippen LogP contribution in [0, 0.1) is 0 Å². The Balaban J connectivity index is 2.09. The molecule has 0 fully saturated rings. The Bertz CT molecular complexity index is 737. The number of anilines is 2. The first-order valence-electron chi connectivity index (χ1n) is 6.07. The third-order valence-electron chi connectivity index (χ3n) is 3.09. The minimum Gasteiger partial charge on any atom is -0.396 e. The van der Waals surface area contributed by atoms with Crippen LogP contribution in [0.3, 0.4) is 0 Å². The van der Waals surface area contributed by atoms with Gasteiger partial charge < -0.3 is 10.6 Å². The van der Waals surface area contributed by atoms with Crippen LogP contribution in [0.15, 0.2) is 39.8 Å². The van der Waals surface area contributed by atoms with E-state index in [1.807, 2.05) is 36.1 Å². The number of hydrogen-bond donors (Lipinski definition) is 1. The number of aromatic nitrogens is 2. The van der Waals surface area contributed by atoms with Crippen molar-refractivity contribution in [3.63, 3.8) is 0 Å². The Kier molecular flexibility index (Phi) is 3.58. The van der Waals surface area contributed by atoms with Crippen molar-refractivity contribution in [3.8, 4) is 0 Å². The van der Waals surface area contributed by atoms with Gasteiger partial charge in [-0.1, -0.05) is 15.9 Å². The smallest absolute Gasteiger partial charge is 0.0795 e. The SMILES string of the molecule is CN(Cc1cscn1)c1c(N)cnc2ccc(Br)cc12. The van der Waals surface area contributed by atoms with Gasteiger partial charge in [-0.05, 0) is 18.2 Å². The van der Waals surface area contributed by atoms with E-state index in [2.05, 4.69) is 30.8 Å². The number of rotatable bonds is 3. The van der Waals surface area contributed by atoms with Gasteiger partial charge in [0.25, 0.3) is 0 Å². The van der Waals surface area contributed by atoms with Crippen molar-refractivity contribution in [2.75, 3.05) is 17.7 Å². The van der Waals surface area contributed by atoms with Crippen molar-refractivity contribution in [3.05, 3.63) is 45.5 Å². The quantitative estimate of drug-likeness (QED) is 0.784. The number of nitrogens with two attached hydrogens (primary N) is 1. The van der Waals surface area contributed by atoms with Crippen LogP contribution < -0.4 is 10.6 Å². The molecule has 0 atom stereocenters. The largest absolute Gasteiger partial charge is 0.396 e. The molecule has 2 N–H and O–H groups in total. The zero-order valence-electron chi connectivity index (χ0n) is 10.9. The molecule has 2 heterocycles. The topological polar surface area (TPSA) is 55.0 Å². The van der Waals surface area contributed by atoms with Crippen LogP contribution in [0.1, 0.15) is 5.69 Å². The molecular weight excluding hydrogens is 336 g/mol. The summed E-state index contributed by atoms with van der Waals surface area (Å²) in [5.74, 6) is 0. The second-order valence-corrected chi connectivity index (χ2v) is 6.19. The molecule has 0 bridgehead atoms. The normalized spacial score (nSPS) is 10.9. The monoisotopic (exact) mass is 348 g/mol. The van der Waals surface area contributed by atoms with Gasteiger partial charge in [-0.3, -0.25) is 4.98 Å². The minimum atomic E-state index is 0.674. The average molecular weight is 349 g/mol. The zero-order chi connectivity index (χ0) is 14.1. The second-order valence-electron chi connectivity index (χ2n) is 4.56. The van der Waals surface area contributed by atoms with Crippen LogP contribution in [-0.4, -0.2) is 17.0 Å². The molecule has 0 saturated heterocycles. The Morgan fingerprint density at radius 1 is 1.35 bits per heavy atom. The van der Waals surface area contributed by atoms with Gasteiger partial charge in [-0.15, -0.1) is 11.3 Å². The lowest BCUT2D eigenvalue weighted by atomic mass is 10.1. The van der Waals surface area contributed by atoms with Crippen molar-refractivity contribution in [1.82, 2.24) is 9.97 Å². The van der Waals surface area contributed by atoms with E-state index in [1.165, 1.54) is 0 Å². The van der Waals surface area contributed by atoms with E-state index >= 15 is 0 Å². The van der Waals surface area contributed by atoms with Gasteiger partial charge in [-0.2, -0.15) is 0 Å². The molecule has 0 spiro atoms. The summed E-state index contributed by atoms with van der Waals surface area (Å²) < 4.78 is 1.01. The Morgan fingerprint density at radius 3 is 2.95 bits per heavy atom. The lowest BCUT2D eigenvalue weighted by Gasteiger charge is -2.22. The third-order valence-corrected chi connectivity index (χ3v) is 4.22.